The fourth-order valence-electron chi connectivity index (χ4n) is 3.89. The Morgan fingerprint density at radius 3 is 2.54 bits per heavy atom. The lowest BCUT2D eigenvalue weighted by atomic mass is 9.91. The van der Waals surface area contributed by atoms with Gasteiger partial charge >= 0.3 is 0 Å². The van der Waals surface area contributed by atoms with E-state index in [2.05, 4.69) is 49.5 Å². The van der Waals surface area contributed by atoms with Gasteiger partial charge in [0.1, 0.15) is 0 Å². The highest BCUT2D eigenvalue weighted by atomic mass is 16.2. The van der Waals surface area contributed by atoms with Gasteiger partial charge in [0.15, 0.2) is 0 Å². The molecule has 3 rings (SSSR count). The molecule has 0 saturated heterocycles. The first-order chi connectivity index (χ1) is 12.7. The molecule has 3 nitrogen and oxygen atoms in total. The van der Waals surface area contributed by atoms with Crippen LogP contribution in [0.25, 0.3) is 0 Å². The fraction of sp³-hybridized carbons (Fsp3) is 0.435. The number of carbonyl (C=O) groups excluding carboxylic acids is 1. The van der Waals surface area contributed by atoms with Gasteiger partial charge in [0.25, 0.3) is 0 Å². The van der Waals surface area contributed by atoms with E-state index in [1.165, 1.54) is 18.4 Å². The molecule has 2 aromatic carbocycles. The average Bonchev–Trinajstić information content (AvgIpc) is 2.66. The van der Waals surface area contributed by atoms with Gasteiger partial charge in [-0.05, 0) is 43.5 Å². The van der Waals surface area contributed by atoms with Crippen LogP contribution in [0.3, 0.4) is 0 Å². The van der Waals surface area contributed by atoms with Crippen molar-refractivity contribution in [3.05, 3.63) is 60.2 Å². The minimum Gasteiger partial charge on any atom is -0.378 e. The minimum atomic E-state index is 0.199. The number of carbonyl (C=O) groups is 1. The molecule has 0 unspecified atom stereocenters. The number of hydrogen-bond donors (Lipinski definition) is 1. The number of unbranched alkanes of at least 4 members (excludes halogenated alkanes) is 3. The average molecular weight is 351 g/mol. The topological polar surface area (TPSA) is 32.3 Å². The van der Waals surface area contributed by atoms with Crippen LogP contribution in [-0.4, -0.2) is 11.9 Å². The molecule has 0 saturated carbocycles. The van der Waals surface area contributed by atoms with E-state index >= 15 is 0 Å². The molecule has 1 heterocycles. The molecule has 2 atom stereocenters. The molecule has 0 radical (unpaired) electrons. The zero-order valence-electron chi connectivity index (χ0n) is 15.9. The first-order valence-corrected chi connectivity index (χ1v) is 9.93. The molecule has 0 spiro atoms. The van der Waals surface area contributed by atoms with Crippen LogP contribution >= 0.6 is 0 Å². The molecule has 26 heavy (non-hydrogen) atoms. The van der Waals surface area contributed by atoms with E-state index in [1.54, 1.807) is 0 Å². The highest BCUT2D eigenvalue weighted by Crippen LogP contribution is 2.39. The molecule has 0 fully saturated rings. The second-order valence-corrected chi connectivity index (χ2v) is 7.28. The summed E-state index contributed by atoms with van der Waals surface area (Å²) in [5.74, 6) is 0.263. The second kappa shape index (κ2) is 8.88. The molecule has 1 aliphatic heterocycles. The number of fused-ring (bicyclic) bond motifs is 1. The van der Waals surface area contributed by atoms with Gasteiger partial charge in [-0.15, -0.1) is 0 Å². The van der Waals surface area contributed by atoms with Gasteiger partial charge < -0.3 is 10.2 Å². The summed E-state index contributed by atoms with van der Waals surface area (Å²) < 4.78 is 0. The molecular weight excluding hydrogens is 320 g/mol. The Labute approximate surface area is 157 Å². The van der Waals surface area contributed by atoms with Crippen molar-refractivity contribution >= 4 is 17.3 Å². The summed E-state index contributed by atoms with van der Waals surface area (Å²) in [5.41, 5.74) is 3.41. The Morgan fingerprint density at radius 2 is 1.77 bits per heavy atom. The van der Waals surface area contributed by atoms with Crippen molar-refractivity contribution in [2.24, 2.45) is 0 Å². The third-order valence-corrected chi connectivity index (χ3v) is 5.22. The number of para-hydroxylation sites is 2. The van der Waals surface area contributed by atoms with Crippen molar-refractivity contribution in [2.45, 2.75) is 64.5 Å². The van der Waals surface area contributed by atoms with Crippen LogP contribution in [0.4, 0.5) is 11.4 Å². The summed E-state index contributed by atoms with van der Waals surface area (Å²) in [6.07, 6.45) is 6.11. The predicted octanol–water partition coefficient (Wildman–Crippen LogP) is 5.94. The molecule has 3 heteroatoms. The van der Waals surface area contributed by atoms with Crippen molar-refractivity contribution < 1.29 is 4.79 Å². The number of benzene rings is 2. The third-order valence-electron chi connectivity index (χ3n) is 5.22. The summed E-state index contributed by atoms with van der Waals surface area (Å²) >= 11 is 0. The lowest BCUT2D eigenvalue weighted by Gasteiger charge is -2.40. The maximum atomic E-state index is 12.9. The summed E-state index contributed by atoms with van der Waals surface area (Å²) in [6.45, 7) is 4.37. The van der Waals surface area contributed by atoms with E-state index in [4.69, 9.17) is 0 Å². The standard InChI is InChI=1S/C23H30N2O/c1-3-4-5-9-16-23(26)25-18(2)17-21(20-14-10-11-15-22(20)25)24-19-12-7-6-8-13-19/h6-8,10-15,18,21,24H,3-5,9,16-17H2,1-2H3/t18-,21+/m0/s1. The van der Waals surface area contributed by atoms with Gasteiger partial charge in [-0.2, -0.15) is 0 Å². The van der Waals surface area contributed by atoms with E-state index in [9.17, 15) is 4.79 Å². The van der Waals surface area contributed by atoms with Gasteiger partial charge in [-0.3, -0.25) is 4.79 Å². The summed E-state index contributed by atoms with van der Waals surface area (Å²) in [4.78, 5) is 14.9. The SMILES string of the molecule is CCCCCCC(=O)N1c2ccccc2[C@H](Nc2ccccc2)C[C@@H]1C. The van der Waals surface area contributed by atoms with Gasteiger partial charge in [-0.1, -0.05) is 62.6 Å². The van der Waals surface area contributed by atoms with Crippen molar-refractivity contribution in [1.29, 1.82) is 0 Å². The van der Waals surface area contributed by atoms with Crippen LogP contribution in [0.15, 0.2) is 54.6 Å². The van der Waals surface area contributed by atoms with Gasteiger partial charge in [0, 0.05) is 23.8 Å². The first-order valence-electron chi connectivity index (χ1n) is 9.93. The molecule has 1 amide bonds. The number of rotatable bonds is 7. The number of amides is 1. The number of hydrogen-bond acceptors (Lipinski definition) is 2. The predicted molar refractivity (Wildman–Crippen MR) is 110 cm³/mol. The second-order valence-electron chi connectivity index (χ2n) is 7.28. The van der Waals surface area contributed by atoms with Crippen LogP contribution in [0.2, 0.25) is 0 Å². The van der Waals surface area contributed by atoms with Crippen molar-refractivity contribution in [3.8, 4) is 0 Å². The summed E-state index contributed by atoms with van der Waals surface area (Å²) in [5, 5.41) is 3.65. The highest BCUT2D eigenvalue weighted by molar-refractivity contribution is 5.95. The zero-order valence-corrected chi connectivity index (χ0v) is 15.9. The first kappa shape index (κ1) is 18.5. The number of nitrogens with zero attached hydrogens (tertiary/aromatic N) is 1. The van der Waals surface area contributed by atoms with E-state index in [0.717, 1.165) is 30.6 Å². The van der Waals surface area contributed by atoms with Gasteiger partial charge in [0.2, 0.25) is 5.91 Å². The van der Waals surface area contributed by atoms with E-state index in [1.807, 2.05) is 29.2 Å². The monoisotopic (exact) mass is 350 g/mol. The molecule has 0 bridgehead atoms. The molecular formula is C23H30N2O. The zero-order chi connectivity index (χ0) is 18.4. The largest absolute Gasteiger partial charge is 0.378 e. The smallest absolute Gasteiger partial charge is 0.227 e. The Kier molecular flexibility index (Phi) is 6.32. The number of nitrogens with one attached hydrogen (secondary N) is 1. The van der Waals surface area contributed by atoms with Crippen LogP contribution in [-0.2, 0) is 4.79 Å². The lowest BCUT2D eigenvalue weighted by molar-refractivity contribution is -0.119. The third kappa shape index (κ3) is 4.27. The summed E-state index contributed by atoms with van der Waals surface area (Å²) in [6, 6.07) is 19.1. The van der Waals surface area contributed by atoms with Crippen LogP contribution in [0, 0.1) is 0 Å². The molecule has 1 N–H and O–H groups in total. The Morgan fingerprint density at radius 1 is 1.04 bits per heavy atom. The minimum absolute atomic E-state index is 0.199. The van der Waals surface area contributed by atoms with Crippen LogP contribution in [0.1, 0.15) is 64.0 Å². The lowest BCUT2D eigenvalue weighted by Crippen LogP contribution is -2.44. The fourth-order valence-corrected chi connectivity index (χ4v) is 3.89. The maximum absolute atomic E-state index is 12.9. The Bertz CT molecular complexity index is 713. The van der Waals surface area contributed by atoms with Crippen LogP contribution < -0.4 is 10.2 Å². The van der Waals surface area contributed by atoms with Gasteiger partial charge in [0.05, 0.1) is 6.04 Å². The van der Waals surface area contributed by atoms with E-state index in [-0.39, 0.29) is 18.0 Å². The van der Waals surface area contributed by atoms with Gasteiger partial charge in [-0.25, -0.2) is 0 Å². The molecule has 2 aromatic rings. The van der Waals surface area contributed by atoms with Crippen LogP contribution in [0.5, 0.6) is 0 Å². The molecule has 1 aliphatic rings. The quantitative estimate of drug-likeness (QED) is 0.627. The van der Waals surface area contributed by atoms with E-state index < -0.39 is 0 Å². The maximum Gasteiger partial charge on any atom is 0.227 e. The van der Waals surface area contributed by atoms with Crippen molar-refractivity contribution in [3.63, 3.8) is 0 Å². The normalized spacial score (nSPS) is 19.1. The Hall–Kier alpha value is -2.29. The Balaban J connectivity index is 1.78. The molecule has 0 aromatic heterocycles. The van der Waals surface area contributed by atoms with Crippen molar-refractivity contribution in [1.82, 2.24) is 0 Å². The van der Waals surface area contributed by atoms with Crippen molar-refractivity contribution in [2.75, 3.05) is 10.2 Å². The molecule has 0 aliphatic carbocycles. The summed E-state index contributed by atoms with van der Waals surface area (Å²) in [7, 11) is 0. The highest BCUT2D eigenvalue weighted by Gasteiger charge is 2.33. The van der Waals surface area contributed by atoms with E-state index in [0.29, 0.717) is 6.42 Å². The number of anilines is 2. The molecule has 138 valence electrons.